The molecule has 0 aliphatic heterocycles. The highest BCUT2D eigenvalue weighted by Gasteiger charge is 2.20. The Labute approximate surface area is 130 Å². The number of aliphatic hydroxyl groups excluding tert-OH is 1. The van der Waals surface area contributed by atoms with Crippen LogP contribution in [0.25, 0.3) is 0 Å². The predicted octanol–water partition coefficient (Wildman–Crippen LogP) is 4.64. The van der Waals surface area contributed by atoms with Gasteiger partial charge in [0.15, 0.2) is 0 Å². The zero-order valence-electron chi connectivity index (χ0n) is 11.0. The van der Waals surface area contributed by atoms with E-state index in [9.17, 15) is 9.50 Å². The Hall–Kier alpha value is -1.10. The summed E-state index contributed by atoms with van der Waals surface area (Å²) in [5.74, 6) is -0.0155. The first-order valence-corrected chi connectivity index (χ1v) is 7.08. The van der Waals surface area contributed by atoms with Crippen LogP contribution in [0.2, 0.25) is 5.02 Å². The predicted molar refractivity (Wildman–Crippen MR) is 80.9 cm³/mol. The molecule has 106 valence electrons. The van der Waals surface area contributed by atoms with Gasteiger partial charge in [-0.1, -0.05) is 27.5 Å². The van der Waals surface area contributed by atoms with Gasteiger partial charge >= 0.3 is 0 Å². The Morgan fingerprint density at radius 3 is 2.60 bits per heavy atom. The molecule has 0 amide bonds. The summed E-state index contributed by atoms with van der Waals surface area (Å²) in [7, 11) is 1.51. The highest BCUT2D eigenvalue weighted by atomic mass is 79.9. The van der Waals surface area contributed by atoms with Crippen LogP contribution >= 0.6 is 27.5 Å². The second kappa shape index (κ2) is 6.12. The highest BCUT2D eigenvalue weighted by Crippen LogP contribution is 2.35. The van der Waals surface area contributed by atoms with Crippen LogP contribution in [-0.2, 0) is 0 Å². The molecule has 0 saturated carbocycles. The van der Waals surface area contributed by atoms with Gasteiger partial charge in [0.2, 0.25) is 0 Å². The molecule has 0 aliphatic carbocycles. The topological polar surface area (TPSA) is 29.5 Å². The molecule has 0 radical (unpaired) electrons. The molecule has 0 aliphatic rings. The number of hydrogen-bond donors (Lipinski definition) is 1. The van der Waals surface area contributed by atoms with Crippen LogP contribution in [0.5, 0.6) is 5.75 Å². The largest absolute Gasteiger partial charge is 0.496 e. The van der Waals surface area contributed by atoms with Crippen LogP contribution < -0.4 is 4.74 Å². The Bertz CT molecular complexity index is 646. The maximum atomic E-state index is 13.9. The standard InChI is InChI=1S/C15H13BrClFO2/c1-8-5-14(20-2)11(7-12(8)16)15(19)10-6-9(17)3-4-13(10)18/h3-7,15,19H,1-2H3. The van der Waals surface area contributed by atoms with Gasteiger partial charge in [-0.05, 0) is 42.8 Å². The fraction of sp³-hybridized carbons (Fsp3) is 0.200. The number of methoxy groups -OCH3 is 1. The second-order valence-corrected chi connectivity index (χ2v) is 5.70. The lowest BCUT2D eigenvalue weighted by molar-refractivity contribution is 0.209. The number of aryl methyl sites for hydroxylation is 1. The summed E-state index contributed by atoms with van der Waals surface area (Å²) < 4.78 is 19.9. The molecule has 0 fully saturated rings. The fourth-order valence-corrected chi connectivity index (χ4v) is 2.49. The molecule has 1 unspecified atom stereocenters. The average molecular weight is 360 g/mol. The highest BCUT2D eigenvalue weighted by molar-refractivity contribution is 9.10. The molecule has 2 rings (SSSR count). The molecule has 0 aromatic heterocycles. The Balaban J connectivity index is 2.55. The smallest absolute Gasteiger partial charge is 0.129 e. The number of ether oxygens (including phenoxy) is 1. The van der Waals surface area contributed by atoms with Crippen LogP contribution in [0.15, 0.2) is 34.8 Å². The summed E-state index contributed by atoms with van der Waals surface area (Å²) in [5, 5.41) is 10.8. The molecule has 2 nitrogen and oxygen atoms in total. The third kappa shape index (κ3) is 2.97. The third-order valence-electron chi connectivity index (χ3n) is 3.06. The van der Waals surface area contributed by atoms with Gasteiger partial charge < -0.3 is 9.84 Å². The maximum Gasteiger partial charge on any atom is 0.129 e. The molecule has 20 heavy (non-hydrogen) atoms. The van der Waals surface area contributed by atoms with Crippen molar-refractivity contribution in [2.75, 3.05) is 7.11 Å². The van der Waals surface area contributed by atoms with E-state index in [0.29, 0.717) is 16.3 Å². The van der Waals surface area contributed by atoms with E-state index < -0.39 is 11.9 Å². The van der Waals surface area contributed by atoms with Crippen molar-refractivity contribution in [2.24, 2.45) is 0 Å². The van der Waals surface area contributed by atoms with Crippen molar-refractivity contribution in [3.05, 3.63) is 62.3 Å². The van der Waals surface area contributed by atoms with Crippen molar-refractivity contribution >= 4 is 27.5 Å². The molecule has 0 heterocycles. The third-order valence-corrected chi connectivity index (χ3v) is 4.15. The van der Waals surface area contributed by atoms with E-state index in [1.807, 2.05) is 6.92 Å². The fourth-order valence-electron chi connectivity index (χ4n) is 1.95. The van der Waals surface area contributed by atoms with E-state index in [0.717, 1.165) is 10.0 Å². The SMILES string of the molecule is COc1cc(C)c(Br)cc1C(O)c1cc(Cl)ccc1F. The van der Waals surface area contributed by atoms with Gasteiger partial charge in [-0.15, -0.1) is 0 Å². The molecule has 0 saturated heterocycles. The second-order valence-electron chi connectivity index (χ2n) is 4.41. The lowest BCUT2D eigenvalue weighted by Gasteiger charge is -2.17. The average Bonchev–Trinajstić information content (AvgIpc) is 2.43. The van der Waals surface area contributed by atoms with Crippen LogP contribution in [0.4, 0.5) is 4.39 Å². The van der Waals surface area contributed by atoms with Gasteiger partial charge in [-0.2, -0.15) is 0 Å². The quantitative estimate of drug-likeness (QED) is 0.865. The van der Waals surface area contributed by atoms with Gasteiger partial charge in [0.25, 0.3) is 0 Å². The van der Waals surface area contributed by atoms with Crippen molar-refractivity contribution in [3.63, 3.8) is 0 Å². The van der Waals surface area contributed by atoms with Crippen LogP contribution in [0.3, 0.4) is 0 Å². The maximum absolute atomic E-state index is 13.9. The molecule has 2 aromatic rings. The number of hydrogen-bond acceptors (Lipinski definition) is 2. The molecule has 5 heteroatoms. The minimum absolute atomic E-state index is 0.117. The molecular formula is C15H13BrClFO2. The molecule has 1 atom stereocenters. The van der Waals surface area contributed by atoms with Crippen molar-refractivity contribution in [1.82, 2.24) is 0 Å². The summed E-state index contributed by atoms with van der Waals surface area (Å²) in [4.78, 5) is 0. The molecular weight excluding hydrogens is 347 g/mol. The molecule has 2 aromatic carbocycles. The Kier molecular flexibility index (Phi) is 4.68. The van der Waals surface area contributed by atoms with Gasteiger partial charge in [0, 0.05) is 20.6 Å². The zero-order chi connectivity index (χ0) is 14.9. The van der Waals surface area contributed by atoms with Gasteiger partial charge in [-0.25, -0.2) is 4.39 Å². The number of aliphatic hydroxyl groups is 1. The first-order valence-electron chi connectivity index (χ1n) is 5.91. The summed E-state index contributed by atoms with van der Waals surface area (Å²) in [6.45, 7) is 1.91. The lowest BCUT2D eigenvalue weighted by atomic mass is 9.99. The van der Waals surface area contributed by atoms with Crippen molar-refractivity contribution < 1.29 is 14.2 Å². The first kappa shape index (κ1) is 15.3. The Morgan fingerprint density at radius 2 is 1.95 bits per heavy atom. The summed E-state index contributed by atoms with van der Waals surface area (Å²) in [5.41, 5.74) is 1.56. The van der Waals surface area contributed by atoms with E-state index in [2.05, 4.69) is 15.9 Å². The van der Waals surface area contributed by atoms with Crippen LogP contribution in [0, 0.1) is 12.7 Å². The minimum atomic E-state index is -1.15. The number of rotatable bonds is 3. The van der Waals surface area contributed by atoms with Crippen LogP contribution in [-0.4, -0.2) is 12.2 Å². The number of benzene rings is 2. The first-order chi connectivity index (χ1) is 9.43. The van der Waals surface area contributed by atoms with Crippen LogP contribution in [0.1, 0.15) is 22.8 Å². The molecule has 0 spiro atoms. The van der Waals surface area contributed by atoms with E-state index >= 15 is 0 Å². The minimum Gasteiger partial charge on any atom is -0.496 e. The van der Waals surface area contributed by atoms with Crippen molar-refractivity contribution in [1.29, 1.82) is 0 Å². The van der Waals surface area contributed by atoms with E-state index in [4.69, 9.17) is 16.3 Å². The summed E-state index contributed by atoms with van der Waals surface area (Å²) in [6, 6.07) is 7.59. The van der Waals surface area contributed by atoms with Crippen molar-refractivity contribution in [2.45, 2.75) is 13.0 Å². The normalized spacial score (nSPS) is 12.3. The monoisotopic (exact) mass is 358 g/mol. The van der Waals surface area contributed by atoms with Gasteiger partial charge in [0.05, 0.1) is 7.11 Å². The van der Waals surface area contributed by atoms with E-state index in [-0.39, 0.29) is 5.56 Å². The van der Waals surface area contributed by atoms with Crippen molar-refractivity contribution in [3.8, 4) is 5.75 Å². The van der Waals surface area contributed by atoms with Gasteiger partial charge in [-0.3, -0.25) is 0 Å². The van der Waals surface area contributed by atoms with E-state index in [1.165, 1.54) is 25.3 Å². The number of halogens is 3. The molecule has 1 N–H and O–H groups in total. The lowest BCUT2D eigenvalue weighted by Crippen LogP contribution is -2.05. The molecule has 0 bridgehead atoms. The zero-order valence-corrected chi connectivity index (χ0v) is 13.3. The summed E-state index contributed by atoms with van der Waals surface area (Å²) >= 11 is 9.26. The Morgan fingerprint density at radius 1 is 1.25 bits per heavy atom. The summed E-state index contributed by atoms with van der Waals surface area (Å²) in [6.07, 6.45) is -1.15. The van der Waals surface area contributed by atoms with Gasteiger partial charge in [0.1, 0.15) is 17.7 Å². The van der Waals surface area contributed by atoms with E-state index in [1.54, 1.807) is 12.1 Å².